The minimum atomic E-state index is -0.172. The molecular formula is C18H19N3O2. The minimum absolute atomic E-state index is 0.172. The second kappa shape index (κ2) is 6.52. The van der Waals surface area contributed by atoms with E-state index in [9.17, 15) is 4.79 Å². The van der Waals surface area contributed by atoms with Gasteiger partial charge in [0.1, 0.15) is 5.75 Å². The molecule has 2 aromatic rings. The van der Waals surface area contributed by atoms with Gasteiger partial charge in [0.05, 0.1) is 30.6 Å². The molecule has 2 N–H and O–H groups in total. The number of aromatic amines is 1. The molecule has 0 atom stereocenters. The largest absolute Gasteiger partial charge is 0.496 e. The number of nitrogens with zero attached hydrogens (tertiary/aromatic N) is 1. The van der Waals surface area contributed by atoms with Gasteiger partial charge in [-0.05, 0) is 37.1 Å². The van der Waals surface area contributed by atoms with E-state index in [1.165, 1.54) is 5.57 Å². The maximum atomic E-state index is 12.3. The van der Waals surface area contributed by atoms with Crippen molar-refractivity contribution in [3.8, 4) is 5.75 Å². The normalized spacial score (nSPS) is 13.5. The number of methoxy groups -OCH3 is 1. The number of amides is 1. The fourth-order valence-electron chi connectivity index (χ4n) is 2.62. The number of H-pyrrole nitrogens is 1. The van der Waals surface area contributed by atoms with Crippen LogP contribution in [-0.4, -0.2) is 23.2 Å². The number of hydrogen-bond donors (Lipinski definition) is 2. The molecule has 0 spiro atoms. The zero-order chi connectivity index (χ0) is 16.2. The van der Waals surface area contributed by atoms with Gasteiger partial charge in [-0.25, -0.2) is 0 Å². The molecule has 0 radical (unpaired) electrons. The van der Waals surface area contributed by atoms with E-state index in [4.69, 9.17) is 4.74 Å². The molecule has 1 aromatic heterocycles. The summed E-state index contributed by atoms with van der Waals surface area (Å²) in [7, 11) is 1.55. The minimum Gasteiger partial charge on any atom is -0.496 e. The summed E-state index contributed by atoms with van der Waals surface area (Å²) in [6.45, 7) is 2.47. The standard InChI is InChI=1S/C18H19N3O2/c1-12-6-5-8-14(12)16-10-13(20-21-16)11-19-18(22)15-7-3-4-9-17(15)23-2/h3-4,6-10H,5,11H2,1-2H3,(H,19,22)(H,20,21). The number of aromatic nitrogens is 2. The summed E-state index contributed by atoms with van der Waals surface area (Å²) in [5, 5.41) is 10.2. The van der Waals surface area contributed by atoms with Crippen molar-refractivity contribution in [3.05, 3.63) is 65.0 Å². The van der Waals surface area contributed by atoms with Crippen molar-refractivity contribution in [2.24, 2.45) is 0 Å². The number of hydrogen-bond acceptors (Lipinski definition) is 3. The Hall–Kier alpha value is -2.82. The molecule has 0 saturated carbocycles. The average Bonchev–Trinajstić information content (AvgIpc) is 3.21. The number of carbonyl (C=O) groups excluding carboxylic acids is 1. The van der Waals surface area contributed by atoms with Crippen LogP contribution >= 0.6 is 0 Å². The monoisotopic (exact) mass is 309 g/mol. The Morgan fingerprint density at radius 2 is 2.17 bits per heavy atom. The number of nitrogens with one attached hydrogen (secondary N) is 2. The molecular weight excluding hydrogens is 290 g/mol. The van der Waals surface area contributed by atoms with Crippen molar-refractivity contribution < 1.29 is 9.53 Å². The third kappa shape index (κ3) is 3.18. The number of rotatable bonds is 5. The number of benzene rings is 1. The van der Waals surface area contributed by atoms with Gasteiger partial charge in [-0.2, -0.15) is 5.10 Å². The van der Waals surface area contributed by atoms with Gasteiger partial charge in [-0.1, -0.05) is 24.3 Å². The van der Waals surface area contributed by atoms with E-state index < -0.39 is 0 Å². The van der Waals surface area contributed by atoms with Crippen molar-refractivity contribution in [3.63, 3.8) is 0 Å². The first kappa shape index (κ1) is 15.1. The summed E-state index contributed by atoms with van der Waals surface area (Å²) in [5.74, 6) is 0.391. The summed E-state index contributed by atoms with van der Waals surface area (Å²) in [4.78, 5) is 12.3. The molecule has 0 saturated heterocycles. The van der Waals surface area contributed by atoms with Gasteiger partial charge >= 0.3 is 0 Å². The number of allylic oxidation sites excluding steroid dienone is 4. The molecule has 1 amide bonds. The molecule has 118 valence electrons. The third-order valence-corrected chi connectivity index (χ3v) is 3.87. The van der Waals surface area contributed by atoms with Gasteiger partial charge in [0.15, 0.2) is 0 Å². The first-order chi connectivity index (χ1) is 11.2. The first-order valence-corrected chi connectivity index (χ1v) is 7.52. The Labute approximate surface area is 135 Å². The lowest BCUT2D eigenvalue weighted by molar-refractivity contribution is 0.0947. The van der Waals surface area contributed by atoms with E-state index in [0.29, 0.717) is 17.9 Å². The summed E-state index contributed by atoms with van der Waals surface area (Å²) in [5.41, 5.74) is 4.69. The van der Waals surface area contributed by atoms with Crippen LogP contribution in [0.15, 0.2) is 48.1 Å². The molecule has 1 aromatic carbocycles. The van der Waals surface area contributed by atoms with Crippen molar-refractivity contribution in [1.29, 1.82) is 0 Å². The van der Waals surface area contributed by atoms with Gasteiger partial charge in [-0.3, -0.25) is 9.89 Å². The predicted octanol–water partition coefficient (Wildman–Crippen LogP) is 3.08. The highest BCUT2D eigenvalue weighted by molar-refractivity contribution is 5.96. The predicted molar refractivity (Wildman–Crippen MR) is 89.1 cm³/mol. The Balaban J connectivity index is 1.66. The van der Waals surface area contributed by atoms with E-state index in [1.807, 2.05) is 18.2 Å². The number of carbonyl (C=O) groups is 1. The Bertz CT molecular complexity index is 787. The van der Waals surface area contributed by atoms with Gasteiger partial charge in [0.25, 0.3) is 5.91 Å². The van der Waals surface area contributed by atoms with Crippen LogP contribution in [-0.2, 0) is 6.54 Å². The fraction of sp³-hybridized carbons (Fsp3) is 0.222. The molecule has 0 bridgehead atoms. The van der Waals surface area contributed by atoms with Crippen LogP contribution in [0.3, 0.4) is 0 Å². The van der Waals surface area contributed by atoms with E-state index in [-0.39, 0.29) is 5.91 Å². The van der Waals surface area contributed by atoms with E-state index in [0.717, 1.165) is 23.4 Å². The van der Waals surface area contributed by atoms with Crippen molar-refractivity contribution in [2.45, 2.75) is 19.9 Å². The molecule has 0 aliphatic heterocycles. The molecule has 3 rings (SSSR count). The Morgan fingerprint density at radius 3 is 2.91 bits per heavy atom. The summed E-state index contributed by atoms with van der Waals surface area (Å²) in [6, 6.07) is 9.13. The van der Waals surface area contributed by atoms with Gasteiger partial charge < -0.3 is 10.1 Å². The summed E-state index contributed by atoms with van der Waals surface area (Å²) in [6.07, 6.45) is 5.28. The number of para-hydroxylation sites is 1. The molecule has 1 aliphatic rings. The lowest BCUT2D eigenvalue weighted by Crippen LogP contribution is -2.23. The third-order valence-electron chi connectivity index (χ3n) is 3.87. The second-order valence-corrected chi connectivity index (χ2v) is 5.40. The molecule has 1 heterocycles. The maximum Gasteiger partial charge on any atom is 0.255 e. The van der Waals surface area contributed by atoms with Crippen LogP contribution in [0.1, 0.15) is 35.1 Å². The van der Waals surface area contributed by atoms with E-state index in [1.54, 1.807) is 19.2 Å². The highest BCUT2D eigenvalue weighted by Crippen LogP contribution is 2.27. The van der Waals surface area contributed by atoms with Gasteiger partial charge in [0, 0.05) is 5.57 Å². The van der Waals surface area contributed by atoms with Crippen molar-refractivity contribution in [2.75, 3.05) is 7.11 Å². The van der Waals surface area contributed by atoms with Crippen LogP contribution in [0.5, 0.6) is 5.75 Å². The highest BCUT2D eigenvalue weighted by Gasteiger charge is 2.14. The fourth-order valence-corrected chi connectivity index (χ4v) is 2.62. The highest BCUT2D eigenvalue weighted by atomic mass is 16.5. The zero-order valence-electron chi connectivity index (χ0n) is 13.2. The molecule has 0 fully saturated rings. The topological polar surface area (TPSA) is 67.0 Å². The Kier molecular flexibility index (Phi) is 4.28. The summed E-state index contributed by atoms with van der Waals surface area (Å²) >= 11 is 0. The van der Waals surface area contributed by atoms with Crippen LogP contribution in [0.25, 0.3) is 5.57 Å². The molecule has 5 heteroatoms. The zero-order valence-corrected chi connectivity index (χ0v) is 13.2. The van der Waals surface area contributed by atoms with E-state index >= 15 is 0 Å². The van der Waals surface area contributed by atoms with Gasteiger partial charge in [0.2, 0.25) is 0 Å². The maximum absolute atomic E-state index is 12.3. The van der Waals surface area contributed by atoms with E-state index in [2.05, 4.69) is 34.6 Å². The van der Waals surface area contributed by atoms with Gasteiger partial charge in [-0.15, -0.1) is 0 Å². The number of ether oxygens (including phenoxy) is 1. The lowest BCUT2D eigenvalue weighted by atomic mass is 10.1. The molecule has 5 nitrogen and oxygen atoms in total. The van der Waals surface area contributed by atoms with Crippen LogP contribution < -0.4 is 10.1 Å². The van der Waals surface area contributed by atoms with Crippen LogP contribution in [0.4, 0.5) is 0 Å². The molecule has 23 heavy (non-hydrogen) atoms. The molecule has 1 aliphatic carbocycles. The van der Waals surface area contributed by atoms with Crippen LogP contribution in [0, 0.1) is 0 Å². The molecule has 0 unspecified atom stereocenters. The van der Waals surface area contributed by atoms with Crippen molar-refractivity contribution in [1.82, 2.24) is 15.5 Å². The smallest absolute Gasteiger partial charge is 0.255 e. The lowest BCUT2D eigenvalue weighted by Gasteiger charge is -2.08. The summed E-state index contributed by atoms with van der Waals surface area (Å²) < 4.78 is 5.21. The average molecular weight is 309 g/mol. The van der Waals surface area contributed by atoms with Crippen LogP contribution in [0.2, 0.25) is 0 Å². The SMILES string of the molecule is COc1ccccc1C(=O)NCc1cc(C2=CCC=C2C)n[nH]1. The van der Waals surface area contributed by atoms with Crippen molar-refractivity contribution >= 4 is 11.5 Å². The quantitative estimate of drug-likeness (QED) is 0.892. The second-order valence-electron chi connectivity index (χ2n) is 5.40. The Morgan fingerprint density at radius 1 is 1.35 bits per heavy atom. The first-order valence-electron chi connectivity index (χ1n) is 7.52.